The standard InChI is InChI=1S/C25H30FN7O2/c1-15-10-33-12-17(9-20(26)23(33)27-15)28-24(35)18-3-4-21(19-13-31(2)30-22(18)19)32-8-5-16(11-32)29-25(14-34)6-7-25/h3,9-10,12-13,16,21,29,34H,4-8,11,14H2,1-2H3,(H,28,35)/t16-,21?/m1/s1. The van der Waals surface area contributed by atoms with E-state index < -0.39 is 5.82 Å². The van der Waals surface area contributed by atoms with Gasteiger partial charge >= 0.3 is 0 Å². The summed E-state index contributed by atoms with van der Waals surface area (Å²) in [6, 6.07) is 1.80. The lowest BCUT2D eigenvalue weighted by Gasteiger charge is -2.30. The number of hydrogen-bond donors (Lipinski definition) is 3. The molecule has 1 amide bonds. The minimum atomic E-state index is -0.488. The molecule has 10 heteroatoms. The fourth-order valence-corrected chi connectivity index (χ4v) is 5.53. The van der Waals surface area contributed by atoms with Gasteiger partial charge in [0.15, 0.2) is 11.5 Å². The Morgan fingerprint density at radius 3 is 2.91 bits per heavy atom. The molecule has 0 aromatic carbocycles. The summed E-state index contributed by atoms with van der Waals surface area (Å²) in [4.78, 5) is 19.9. The summed E-state index contributed by atoms with van der Waals surface area (Å²) in [5, 5.41) is 20.8. The highest BCUT2D eigenvalue weighted by Crippen LogP contribution is 2.40. The summed E-state index contributed by atoms with van der Waals surface area (Å²) in [6.07, 6.45) is 11.1. The van der Waals surface area contributed by atoms with Crippen molar-refractivity contribution in [2.75, 3.05) is 25.0 Å². The molecule has 3 aromatic rings. The second-order valence-corrected chi connectivity index (χ2v) is 10.2. The quantitative estimate of drug-likeness (QED) is 0.501. The van der Waals surface area contributed by atoms with E-state index in [1.165, 1.54) is 6.07 Å². The van der Waals surface area contributed by atoms with Gasteiger partial charge in [-0.3, -0.25) is 14.4 Å². The van der Waals surface area contributed by atoms with Crippen molar-refractivity contribution in [3.05, 3.63) is 53.5 Å². The lowest BCUT2D eigenvalue weighted by atomic mass is 9.91. The highest BCUT2D eigenvalue weighted by atomic mass is 19.1. The number of anilines is 1. The average Bonchev–Trinajstić information content (AvgIpc) is 3.10. The highest BCUT2D eigenvalue weighted by molar-refractivity contribution is 6.25. The predicted octanol–water partition coefficient (Wildman–Crippen LogP) is 2.17. The molecule has 1 unspecified atom stereocenters. The van der Waals surface area contributed by atoms with Crippen LogP contribution in [-0.4, -0.2) is 66.4 Å². The Balaban J connectivity index is 1.20. The number of hydrogen-bond acceptors (Lipinski definition) is 6. The number of rotatable bonds is 6. The molecule has 3 aromatic heterocycles. The Morgan fingerprint density at radius 2 is 2.14 bits per heavy atom. The van der Waals surface area contributed by atoms with Crippen LogP contribution in [0.1, 0.15) is 48.7 Å². The van der Waals surface area contributed by atoms with Gasteiger partial charge < -0.3 is 20.1 Å². The normalized spacial score (nSPS) is 23.4. The maximum atomic E-state index is 14.5. The molecule has 3 N–H and O–H groups in total. The first-order valence-corrected chi connectivity index (χ1v) is 12.2. The lowest BCUT2D eigenvalue weighted by molar-refractivity contribution is -0.111. The van der Waals surface area contributed by atoms with E-state index in [1.807, 2.05) is 19.3 Å². The van der Waals surface area contributed by atoms with E-state index >= 15 is 0 Å². The zero-order chi connectivity index (χ0) is 24.3. The van der Waals surface area contributed by atoms with Crippen LogP contribution in [0.4, 0.5) is 10.1 Å². The monoisotopic (exact) mass is 479 g/mol. The molecule has 4 heterocycles. The lowest BCUT2D eigenvalue weighted by Crippen LogP contribution is -2.44. The maximum Gasteiger partial charge on any atom is 0.257 e. The number of carbonyl (C=O) groups excluding carboxylic acids is 1. The van der Waals surface area contributed by atoms with Crippen molar-refractivity contribution in [2.24, 2.45) is 7.05 Å². The first-order chi connectivity index (χ1) is 16.8. The van der Waals surface area contributed by atoms with Crippen LogP contribution in [0, 0.1) is 12.7 Å². The average molecular weight is 480 g/mol. The van der Waals surface area contributed by atoms with Gasteiger partial charge in [-0.25, -0.2) is 9.37 Å². The Hall–Kier alpha value is -3.08. The van der Waals surface area contributed by atoms with Crippen molar-refractivity contribution in [2.45, 2.75) is 50.2 Å². The molecule has 0 spiro atoms. The van der Waals surface area contributed by atoms with Crippen LogP contribution < -0.4 is 10.6 Å². The van der Waals surface area contributed by atoms with E-state index in [4.69, 9.17) is 0 Å². The van der Waals surface area contributed by atoms with Crippen LogP contribution >= 0.6 is 0 Å². The molecule has 2 atom stereocenters. The third kappa shape index (κ3) is 4.05. The second kappa shape index (κ2) is 8.25. The van der Waals surface area contributed by atoms with Crippen LogP contribution in [0.5, 0.6) is 0 Å². The van der Waals surface area contributed by atoms with Gasteiger partial charge in [-0.1, -0.05) is 6.08 Å². The van der Waals surface area contributed by atoms with E-state index in [9.17, 15) is 14.3 Å². The van der Waals surface area contributed by atoms with Gasteiger partial charge in [0.25, 0.3) is 5.91 Å². The van der Waals surface area contributed by atoms with Gasteiger partial charge in [0.2, 0.25) is 0 Å². The zero-order valence-corrected chi connectivity index (χ0v) is 20.0. The number of amides is 1. The van der Waals surface area contributed by atoms with E-state index in [1.54, 1.807) is 28.4 Å². The first kappa shape index (κ1) is 22.4. The first-order valence-electron chi connectivity index (χ1n) is 12.2. The number of halogens is 1. The number of aryl methyl sites for hydroxylation is 2. The number of aromatic nitrogens is 4. The summed E-state index contributed by atoms with van der Waals surface area (Å²) in [6.45, 7) is 3.85. The minimum Gasteiger partial charge on any atom is -0.394 e. The molecule has 35 heavy (non-hydrogen) atoms. The van der Waals surface area contributed by atoms with E-state index in [2.05, 4.69) is 25.6 Å². The molecule has 1 saturated heterocycles. The number of pyridine rings is 1. The number of likely N-dealkylation sites (tertiary alicyclic amines) is 1. The van der Waals surface area contributed by atoms with Crippen molar-refractivity contribution < 1.29 is 14.3 Å². The Labute approximate surface area is 202 Å². The number of nitrogens with one attached hydrogen (secondary N) is 2. The van der Waals surface area contributed by atoms with Crippen LogP contribution in [0.25, 0.3) is 11.2 Å². The number of aliphatic hydroxyl groups is 1. The number of fused-ring (bicyclic) bond motifs is 2. The maximum absolute atomic E-state index is 14.5. The van der Waals surface area contributed by atoms with Gasteiger partial charge in [-0.15, -0.1) is 0 Å². The summed E-state index contributed by atoms with van der Waals surface area (Å²) in [5.41, 5.74) is 3.44. The van der Waals surface area contributed by atoms with E-state index in [0.29, 0.717) is 35.1 Å². The fourth-order valence-electron chi connectivity index (χ4n) is 5.53. The Bertz CT molecular complexity index is 1340. The SMILES string of the molecule is Cc1cn2cc(NC(=O)C3=CCC(N4CC[C@@H](NC5(CO)CC5)C4)c4cn(C)nc43)cc(F)c2n1. The number of imidazole rings is 1. The second-order valence-electron chi connectivity index (χ2n) is 10.2. The molecule has 0 radical (unpaired) electrons. The predicted molar refractivity (Wildman–Crippen MR) is 129 cm³/mol. The van der Waals surface area contributed by atoms with Crippen LogP contribution in [-0.2, 0) is 11.8 Å². The van der Waals surface area contributed by atoms with Gasteiger partial charge in [0.05, 0.1) is 23.6 Å². The third-order valence-corrected chi connectivity index (χ3v) is 7.47. The smallest absolute Gasteiger partial charge is 0.257 e. The van der Waals surface area contributed by atoms with Gasteiger partial charge in [-0.05, 0) is 32.6 Å². The summed E-state index contributed by atoms with van der Waals surface area (Å²) < 4.78 is 17.8. The Morgan fingerprint density at radius 1 is 1.31 bits per heavy atom. The highest BCUT2D eigenvalue weighted by Gasteiger charge is 2.45. The number of carbonyl (C=O) groups is 1. The van der Waals surface area contributed by atoms with Crippen molar-refractivity contribution in [3.63, 3.8) is 0 Å². The van der Waals surface area contributed by atoms with Gasteiger partial charge in [-0.2, -0.15) is 5.10 Å². The molecule has 1 saturated carbocycles. The summed E-state index contributed by atoms with van der Waals surface area (Å²) in [7, 11) is 1.86. The van der Waals surface area contributed by atoms with Crippen LogP contribution in [0.3, 0.4) is 0 Å². The number of aliphatic hydroxyl groups excluding tert-OH is 1. The van der Waals surface area contributed by atoms with Crippen molar-refractivity contribution in [3.8, 4) is 0 Å². The molecule has 6 rings (SSSR count). The summed E-state index contributed by atoms with van der Waals surface area (Å²) in [5.74, 6) is -0.794. The van der Waals surface area contributed by atoms with E-state index in [-0.39, 0.29) is 29.7 Å². The van der Waals surface area contributed by atoms with E-state index in [0.717, 1.165) is 37.9 Å². The molecule has 1 aliphatic heterocycles. The van der Waals surface area contributed by atoms with Gasteiger partial charge in [0, 0.05) is 68.0 Å². The van der Waals surface area contributed by atoms with Crippen molar-refractivity contribution in [1.29, 1.82) is 0 Å². The molecular weight excluding hydrogens is 449 g/mol. The topological polar surface area (TPSA) is 99.7 Å². The third-order valence-electron chi connectivity index (χ3n) is 7.47. The van der Waals surface area contributed by atoms with Crippen LogP contribution in [0.2, 0.25) is 0 Å². The molecule has 3 aliphatic rings. The molecule has 2 aliphatic carbocycles. The largest absolute Gasteiger partial charge is 0.394 e. The molecule has 2 fully saturated rings. The molecule has 9 nitrogen and oxygen atoms in total. The van der Waals surface area contributed by atoms with Crippen molar-refractivity contribution >= 4 is 22.8 Å². The van der Waals surface area contributed by atoms with Gasteiger partial charge in [0.1, 0.15) is 5.69 Å². The zero-order valence-electron chi connectivity index (χ0n) is 20.0. The fraction of sp³-hybridized carbons (Fsp3) is 0.480. The molecule has 0 bridgehead atoms. The number of nitrogens with zero attached hydrogens (tertiary/aromatic N) is 5. The minimum absolute atomic E-state index is 0.0736. The van der Waals surface area contributed by atoms with Crippen LogP contribution in [0.15, 0.2) is 30.7 Å². The van der Waals surface area contributed by atoms with Crippen molar-refractivity contribution in [1.82, 2.24) is 29.4 Å². The molecular formula is C25H30FN7O2. The Kier molecular flexibility index (Phi) is 5.28. The molecule has 184 valence electrons. The summed E-state index contributed by atoms with van der Waals surface area (Å²) >= 11 is 0.